The quantitative estimate of drug-likeness (QED) is 0.469. The highest BCUT2D eigenvalue weighted by molar-refractivity contribution is 6.01. The summed E-state index contributed by atoms with van der Waals surface area (Å²) in [6.07, 6.45) is -0.269. The van der Waals surface area contributed by atoms with Crippen LogP contribution in [0, 0.1) is 0 Å². The molecule has 0 saturated heterocycles. The van der Waals surface area contributed by atoms with Gasteiger partial charge in [0.1, 0.15) is 24.1 Å². The maximum absolute atomic E-state index is 13.4. The molecule has 9 nitrogen and oxygen atoms in total. The number of hydrogen-bond acceptors (Lipinski definition) is 7. The van der Waals surface area contributed by atoms with Crippen molar-refractivity contribution >= 4 is 11.6 Å². The summed E-state index contributed by atoms with van der Waals surface area (Å²) in [7, 11) is 0. The summed E-state index contributed by atoms with van der Waals surface area (Å²) >= 11 is 0. The van der Waals surface area contributed by atoms with Gasteiger partial charge in [-0.25, -0.2) is 4.79 Å². The zero-order chi connectivity index (χ0) is 24.9. The van der Waals surface area contributed by atoms with Crippen molar-refractivity contribution in [3.63, 3.8) is 0 Å². The van der Waals surface area contributed by atoms with Crippen LogP contribution in [0.1, 0.15) is 29.8 Å². The van der Waals surface area contributed by atoms with Crippen LogP contribution in [0.4, 0.5) is 5.82 Å². The fourth-order valence-corrected chi connectivity index (χ4v) is 4.20. The summed E-state index contributed by atoms with van der Waals surface area (Å²) in [6, 6.07) is 16.7. The summed E-state index contributed by atoms with van der Waals surface area (Å²) in [5.74, 6) is 0.807. The lowest BCUT2D eigenvalue weighted by atomic mass is 10.1. The Labute approximate surface area is 203 Å². The number of aromatic nitrogens is 2. The van der Waals surface area contributed by atoms with Crippen molar-refractivity contribution in [1.29, 1.82) is 0 Å². The summed E-state index contributed by atoms with van der Waals surface area (Å²) in [4.78, 5) is 41.3. The molecule has 2 N–H and O–H groups in total. The Bertz CT molecular complexity index is 1320. The maximum atomic E-state index is 13.4. The fraction of sp³-hybridized carbons (Fsp3) is 0.346. The van der Waals surface area contributed by atoms with E-state index in [1.807, 2.05) is 66.4 Å². The zero-order valence-electron chi connectivity index (χ0n) is 20.0. The molecule has 9 heteroatoms. The highest BCUT2D eigenvalue weighted by Gasteiger charge is 2.27. The number of likely N-dealkylation sites (N-methyl/N-ethyl adjacent to an activating group) is 1. The van der Waals surface area contributed by atoms with Gasteiger partial charge in [0.15, 0.2) is 17.3 Å². The Hall–Kier alpha value is -3.85. The standard InChI is InChI=1S/C26H30N4O5/c1-3-28(15-19-17-34-21-12-8-9-13-22(21)35-19)16-20(31)23-24(27)30(14-18-10-6-5-7-11-18)26(33)29(4-2)25(23)32/h5-13,19H,3-4,14-17,27H2,1-2H3/t19-/m0/s1. The van der Waals surface area contributed by atoms with Gasteiger partial charge >= 0.3 is 5.69 Å². The molecule has 184 valence electrons. The zero-order valence-corrected chi connectivity index (χ0v) is 20.0. The molecule has 0 bridgehead atoms. The first-order valence-electron chi connectivity index (χ1n) is 11.7. The molecule has 35 heavy (non-hydrogen) atoms. The molecule has 0 fully saturated rings. The van der Waals surface area contributed by atoms with Gasteiger partial charge in [-0.05, 0) is 31.2 Å². The van der Waals surface area contributed by atoms with Gasteiger partial charge in [-0.1, -0.05) is 49.4 Å². The Morgan fingerprint density at radius 2 is 1.71 bits per heavy atom. The first kappa shape index (κ1) is 24.3. The Morgan fingerprint density at radius 3 is 2.40 bits per heavy atom. The van der Waals surface area contributed by atoms with Gasteiger partial charge in [0, 0.05) is 13.1 Å². The monoisotopic (exact) mass is 478 g/mol. The number of carbonyl (C=O) groups is 1. The van der Waals surface area contributed by atoms with Crippen LogP contribution in [-0.4, -0.2) is 52.2 Å². The molecule has 0 aliphatic carbocycles. The number of nitrogen functional groups attached to an aromatic ring is 1. The number of hydrogen-bond donors (Lipinski definition) is 1. The van der Waals surface area contributed by atoms with Gasteiger partial charge in [-0.2, -0.15) is 0 Å². The van der Waals surface area contributed by atoms with Crippen LogP contribution < -0.4 is 26.5 Å². The van der Waals surface area contributed by atoms with Crippen LogP contribution in [0.15, 0.2) is 64.2 Å². The van der Waals surface area contributed by atoms with Crippen LogP contribution in [0.3, 0.4) is 0 Å². The smallest absolute Gasteiger partial charge is 0.332 e. The number of anilines is 1. The van der Waals surface area contributed by atoms with E-state index in [1.165, 1.54) is 4.57 Å². The number of ketones is 1. The van der Waals surface area contributed by atoms with Crippen molar-refractivity contribution in [2.45, 2.75) is 33.0 Å². The largest absolute Gasteiger partial charge is 0.486 e. The lowest BCUT2D eigenvalue weighted by Gasteiger charge is -2.30. The number of carbonyl (C=O) groups excluding carboxylic acids is 1. The molecule has 2 aromatic carbocycles. The highest BCUT2D eigenvalue weighted by Crippen LogP contribution is 2.31. The lowest BCUT2D eigenvalue weighted by molar-refractivity contribution is 0.0572. The average molecular weight is 479 g/mol. The normalized spacial score (nSPS) is 14.8. The van der Waals surface area contributed by atoms with Gasteiger partial charge < -0.3 is 15.2 Å². The number of Topliss-reactive ketones (excluding diaryl/α,β-unsaturated/α-hetero) is 1. The van der Waals surface area contributed by atoms with Crippen LogP contribution in [0.2, 0.25) is 0 Å². The third-order valence-corrected chi connectivity index (χ3v) is 6.09. The van der Waals surface area contributed by atoms with E-state index in [4.69, 9.17) is 15.2 Å². The first-order chi connectivity index (χ1) is 16.9. The van der Waals surface area contributed by atoms with E-state index in [0.717, 1.165) is 10.1 Å². The van der Waals surface area contributed by atoms with Crippen LogP contribution >= 0.6 is 0 Å². The van der Waals surface area contributed by atoms with Crippen LogP contribution in [0.25, 0.3) is 0 Å². The second-order valence-corrected chi connectivity index (χ2v) is 8.41. The molecule has 0 amide bonds. The van der Waals surface area contributed by atoms with Crippen molar-refractivity contribution in [2.75, 3.05) is 32.0 Å². The summed E-state index contributed by atoms with van der Waals surface area (Å²) in [5, 5.41) is 0. The number of para-hydroxylation sites is 2. The Morgan fingerprint density at radius 1 is 1.03 bits per heavy atom. The summed E-state index contributed by atoms with van der Waals surface area (Å²) in [6.45, 7) is 5.22. The topological polar surface area (TPSA) is 109 Å². The van der Waals surface area contributed by atoms with E-state index in [0.29, 0.717) is 31.2 Å². The van der Waals surface area contributed by atoms with Crippen molar-refractivity contribution in [3.8, 4) is 11.5 Å². The number of fused-ring (bicyclic) bond motifs is 1. The van der Waals surface area contributed by atoms with Crippen molar-refractivity contribution in [1.82, 2.24) is 14.0 Å². The Balaban J connectivity index is 1.57. The molecule has 4 rings (SSSR count). The molecule has 1 aromatic heterocycles. The predicted octanol–water partition coefficient (Wildman–Crippen LogP) is 2.00. The maximum Gasteiger partial charge on any atom is 0.332 e. The van der Waals surface area contributed by atoms with Crippen molar-refractivity contribution in [3.05, 3.63) is 86.6 Å². The third kappa shape index (κ3) is 5.14. The lowest BCUT2D eigenvalue weighted by Crippen LogP contribution is -2.46. The van der Waals surface area contributed by atoms with E-state index in [2.05, 4.69) is 0 Å². The number of nitrogens with two attached hydrogens (primary N) is 1. The highest BCUT2D eigenvalue weighted by atomic mass is 16.6. The Kier molecular flexibility index (Phi) is 7.36. The van der Waals surface area contributed by atoms with E-state index >= 15 is 0 Å². The predicted molar refractivity (Wildman–Crippen MR) is 133 cm³/mol. The SMILES string of the molecule is CCN(CC(=O)c1c(N)n(Cc2ccccc2)c(=O)n(CC)c1=O)C[C@H]1COc2ccccc2O1. The molecule has 1 atom stereocenters. The minimum atomic E-state index is -0.661. The second-order valence-electron chi connectivity index (χ2n) is 8.41. The average Bonchev–Trinajstić information content (AvgIpc) is 2.87. The van der Waals surface area contributed by atoms with Crippen LogP contribution in [0.5, 0.6) is 11.5 Å². The van der Waals surface area contributed by atoms with E-state index in [1.54, 1.807) is 6.92 Å². The molecule has 0 unspecified atom stereocenters. The van der Waals surface area contributed by atoms with E-state index in [9.17, 15) is 14.4 Å². The molecule has 1 aliphatic rings. The number of benzene rings is 2. The van der Waals surface area contributed by atoms with Gasteiger partial charge in [0.05, 0.1) is 13.1 Å². The third-order valence-electron chi connectivity index (χ3n) is 6.09. The molecule has 0 saturated carbocycles. The van der Waals surface area contributed by atoms with E-state index in [-0.39, 0.29) is 37.1 Å². The minimum Gasteiger partial charge on any atom is -0.486 e. The molecule has 2 heterocycles. The van der Waals surface area contributed by atoms with Crippen molar-refractivity contribution < 1.29 is 14.3 Å². The molecular formula is C26H30N4O5. The van der Waals surface area contributed by atoms with E-state index < -0.39 is 17.0 Å². The van der Waals surface area contributed by atoms with Crippen LogP contribution in [-0.2, 0) is 13.1 Å². The molecule has 1 aliphatic heterocycles. The minimum absolute atomic E-state index is 0.0370. The van der Waals surface area contributed by atoms with Gasteiger partial charge in [-0.3, -0.25) is 23.6 Å². The van der Waals surface area contributed by atoms with Gasteiger partial charge in [0.2, 0.25) is 0 Å². The summed E-state index contributed by atoms with van der Waals surface area (Å²) in [5.41, 5.74) is 5.76. The second kappa shape index (κ2) is 10.6. The van der Waals surface area contributed by atoms with Crippen molar-refractivity contribution in [2.24, 2.45) is 0 Å². The first-order valence-corrected chi connectivity index (χ1v) is 11.7. The molecule has 0 spiro atoms. The fourth-order valence-electron chi connectivity index (χ4n) is 4.20. The number of ether oxygens (including phenoxy) is 2. The molecule has 0 radical (unpaired) electrons. The number of nitrogens with zero attached hydrogens (tertiary/aromatic N) is 3. The van der Waals surface area contributed by atoms with Gasteiger partial charge in [-0.15, -0.1) is 0 Å². The van der Waals surface area contributed by atoms with Gasteiger partial charge in [0.25, 0.3) is 5.56 Å². The molecular weight excluding hydrogens is 448 g/mol. The molecule has 3 aromatic rings. The number of rotatable bonds is 9. The summed E-state index contributed by atoms with van der Waals surface area (Å²) < 4.78 is 14.1.